The van der Waals surface area contributed by atoms with Gasteiger partial charge in [-0.25, -0.2) is 4.79 Å². The number of hydrogen-bond acceptors (Lipinski definition) is 6. The van der Waals surface area contributed by atoms with Gasteiger partial charge in [0.2, 0.25) is 0 Å². The van der Waals surface area contributed by atoms with Gasteiger partial charge in [-0.2, -0.15) is 0 Å². The van der Waals surface area contributed by atoms with Crippen LogP contribution in [0.15, 0.2) is 30.3 Å². The number of carbonyl (C=O) groups excluding carboxylic acids is 1. The summed E-state index contributed by atoms with van der Waals surface area (Å²) in [5, 5.41) is 4.59. The summed E-state index contributed by atoms with van der Waals surface area (Å²) in [6, 6.07) is 9.90. The number of aryl methyl sites for hydroxylation is 1. The van der Waals surface area contributed by atoms with E-state index in [0.29, 0.717) is 10.7 Å². The number of rotatable bonds is 4. The van der Waals surface area contributed by atoms with Crippen molar-refractivity contribution < 1.29 is 14.3 Å². The van der Waals surface area contributed by atoms with Gasteiger partial charge < -0.3 is 24.6 Å². The van der Waals surface area contributed by atoms with Gasteiger partial charge in [0.05, 0.1) is 19.8 Å². The van der Waals surface area contributed by atoms with Gasteiger partial charge in [-0.3, -0.25) is 0 Å². The van der Waals surface area contributed by atoms with Crippen molar-refractivity contribution in [2.75, 3.05) is 50.6 Å². The molecule has 1 aliphatic heterocycles. The van der Waals surface area contributed by atoms with E-state index in [4.69, 9.17) is 21.7 Å². The van der Waals surface area contributed by atoms with Gasteiger partial charge in [0.25, 0.3) is 0 Å². The second-order valence-corrected chi connectivity index (χ2v) is 7.84. The van der Waals surface area contributed by atoms with Crippen LogP contribution in [0.5, 0.6) is 5.75 Å². The van der Waals surface area contributed by atoms with Gasteiger partial charge in [0.15, 0.2) is 5.11 Å². The SMILES string of the molecule is COC(=O)c1cc(C)sc1NC(=S)N1CCN(c2cccc(OC)c2)CC1. The molecule has 0 amide bonds. The Bertz CT molecular complexity index is 829. The van der Waals surface area contributed by atoms with Crippen LogP contribution in [-0.2, 0) is 4.74 Å². The van der Waals surface area contributed by atoms with Crippen LogP contribution < -0.4 is 15.0 Å². The van der Waals surface area contributed by atoms with Crippen molar-refractivity contribution >= 4 is 45.3 Å². The molecule has 0 aliphatic carbocycles. The smallest absolute Gasteiger partial charge is 0.340 e. The van der Waals surface area contributed by atoms with Gasteiger partial charge in [-0.1, -0.05) is 6.07 Å². The summed E-state index contributed by atoms with van der Waals surface area (Å²) in [6.45, 7) is 5.30. The number of piperazine rings is 1. The Morgan fingerprint density at radius 2 is 1.93 bits per heavy atom. The number of nitrogens with zero attached hydrogens (tertiary/aromatic N) is 2. The van der Waals surface area contributed by atoms with E-state index in [0.717, 1.165) is 47.5 Å². The standard InChI is InChI=1S/C19H23N3O3S2/c1-13-11-16(18(23)25-3)17(27-13)20-19(26)22-9-7-21(8-10-22)14-5-4-6-15(12-14)24-2/h4-6,11-12H,7-10H2,1-3H3,(H,20,26). The minimum atomic E-state index is -0.354. The quantitative estimate of drug-likeness (QED) is 0.618. The van der Waals surface area contributed by atoms with E-state index in [1.165, 1.54) is 18.4 Å². The molecular weight excluding hydrogens is 382 g/mol. The maximum Gasteiger partial charge on any atom is 0.340 e. The molecule has 3 rings (SSSR count). The summed E-state index contributed by atoms with van der Waals surface area (Å²) < 4.78 is 10.2. The molecule has 2 heterocycles. The number of benzene rings is 1. The van der Waals surface area contributed by atoms with E-state index in [2.05, 4.69) is 21.2 Å². The fourth-order valence-corrected chi connectivity index (χ4v) is 4.27. The zero-order chi connectivity index (χ0) is 19.4. The Balaban J connectivity index is 1.61. The van der Waals surface area contributed by atoms with Gasteiger partial charge in [0.1, 0.15) is 10.8 Å². The summed E-state index contributed by atoms with van der Waals surface area (Å²) >= 11 is 7.07. The molecule has 2 aromatic rings. The first-order valence-electron chi connectivity index (χ1n) is 8.65. The maximum absolute atomic E-state index is 11.9. The highest BCUT2D eigenvalue weighted by atomic mass is 32.1. The zero-order valence-electron chi connectivity index (χ0n) is 15.7. The summed E-state index contributed by atoms with van der Waals surface area (Å²) in [5.41, 5.74) is 1.67. The monoisotopic (exact) mass is 405 g/mol. The van der Waals surface area contributed by atoms with Crippen LogP contribution in [-0.4, -0.2) is 56.4 Å². The highest BCUT2D eigenvalue weighted by Gasteiger charge is 2.22. The predicted molar refractivity (Wildman–Crippen MR) is 113 cm³/mol. The van der Waals surface area contributed by atoms with E-state index in [1.54, 1.807) is 7.11 Å². The molecule has 0 atom stereocenters. The lowest BCUT2D eigenvalue weighted by Crippen LogP contribution is -2.50. The number of ether oxygens (including phenoxy) is 2. The summed E-state index contributed by atoms with van der Waals surface area (Å²) in [6.07, 6.45) is 0. The van der Waals surface area contributed by atoms with Gasteiger partial charge >= 0.3 is 5.97 Å². The Labute approximate surface area is 168 Å². The predicted octanol–water partition coefficient (Wildman–Crippen LogP) is 3.37. The van der Waals surface area contributed by atoms with Crippen LogP contribution in [0.25, 0.3) is 0 Å². The number of esters is 1. The lowest BCUT2D eigenvalue weighted by Gasteiger charge is -2.37. The van der Waals surface area contributed by atoms with E-state index in [1.807, 2.05) is 31.2 Å². The minimum absolute atomic E-state index is 0.354. The van der Waals surface area contributed by atoms with E-state index in [9.17, 15) is 4.79 Å². The molecule has 8 heteroatoms. The molecule has 1 aliphatic rings. The molecule has 1 N–H and O–H groups in total. The second-order valence-electron chi connectivity index (χ2n) is 6.20. The van der Waals surface area contributed by atoms with Crippen LogP contribution in [0.4, 0.5) is 10.7 Å². The fourth-order valence-electron chi connectivity index (χ4n) is 3.02. The molecule has 0 bridgehead atoms. The van der Waals surface area contributed by atoms with Gasteiger partial charge in [-0.05, 0) is 37.3 Å². The molecule has 27 heavy (non-hydrogen) atoms. The summed E-state index contributed by atoms with van der Waals surface area (Å²) in [7, 11) is 3.06. The van der Waals surface area contributed by atoms with E-state index < -0.39 is 0 Å². The molecule has 0 radical (unpaired) electrons. The number of methoxy groups -OCH3 is 2. The first-order valence-corrected chi connectivity index (χ1v) is 9.88. The van der Waals surface area contributed by atoms with Crippen LogP contribution in [0.3, 0.4) is 0 Å². The highest BCUT2D eigenvalue weighted by Crippen LogP contribution is 2.29. The Morgan fingerprint density at radius 1 is 1.19 bits per heavy atom. The largest absolute Gasteiger partial charge is 0.497 e. The molecule has 1 aromatic heterocycles. The molecule has 1 fully saturated rings. The normalized spacial score (nSPS) is 14.0. The van der Waals surface area contributed by atoms with E-state index in [-0.39, 0.29) is 5.97 Å². The molecule has 144 valence electrons. The molecule has 1 saturated heterocycles. The van der Waals surface area contributed by atoms with E-state index >= 15 is 0 Å². The van der Waals surface area contributed by atoms with Crippen LogP contribution >= 0.6 is 23.6 Å². The molecule has 0 spiro atoms. The number of hydrogen-bond donors (Lipinski definition) is 1. The summed E-state index contributed by atoms with van der Waals surface area (Å²) in [4.78, 5) is 17.4. The number of thiophene rings is 1. The lowest BCUT2D eigenvalue weighted by atomic mass is 10.2. The van der Waals surface area contributed by atoms with Crippen molar-refractivity contribution in [3.8, 4) is 5.75 Å². The first kappa shape index (κ1) is 19.4. The lowest BCUT2D eigenvalue weighted by molar-refractivity contribution is 0.0602. The number of nitrogens with one attached hydrogen (secondary N) is 1. The highest BCUT2D eigenvalue weighted by molar-refractivity contribution is 7.80. The van der Waals surface area contributed by atoms with Crippen molar-refractivity contribution in [3.05, 3.63) is 40.8 Å². The van der Waals surface area contributed by atoms with Crippen LogP contribution in [0.2, 0.25) is 0 Å². The van der Waals surface area contributed by atoms with Gasteiger partial charge in [0, 0.05) is 42.8 Å². The van der Waals surface area contributed by atoms with Crippen molar-refractivity contribution in [1.29, 1.82) is 0 Å². The van der Waals surface area contributed by atoms with Crippen LogP contribution in [0, 0.1) is 6.92 Å². The molecule has 0 unspecified atom stereocenters. The van der Waals surface area contributed by atoms with Gasteiger partial charge in [-0.15, -0.1) is 11.3 Å². The van der Waals surface area contributed by atoms with Crippen LogP contribution in [0.1, 0.15) is 15.2 Å². The number of anilines is 2. The second kappa shape index (κ2) is 8.58. The maximum atomic E-state index is 11.9. The Morgan fingerprint density at radius 3 is 2.59 bits per heavy atom. The Kier molecular flexibility index (Phi) is 6.18. The topological polar surface area (TPSA) is 54.0 Å². The first-order chi connectivity index (χ1) is 13.0. The number of carbonyl (C=O) groups is 1. The molecule has 0 saturated carbocycles. The molecule has 1 aromatic carbocycles. The third-order valence-corrected chi connectivity index (χ3v) is 5.79. The molecule has 6 nitrogen and oxygen atoms in total. The average Bonchev–Trinajstić information content (AvgIpc) is 3.07. The van der Waals surface area contributed by atoms with Crippen molar-refractivity contribution in [2.45, 2.75) is 6.92 Å². The Hall–Kier alpha value is -2.32. The third kappa shape index (κ3) is 4.51. The van der Waals surface area contributed by atoms with Crippen molar-refractivity contribution in [1.82, 2.24) is 4.90 Å². The third-order valence-electron chi connectivity index (χ3n) is 4.47. The summed E-state index contributed by atoms with van der Waals surface area (Å²) in [5.74, 6) is 0.503. The zero-order valence-corrected chi connectivity index (χ0v) is 17.3. The fraction of sp³-hybridized carbons (Fsp3) is 0.368. The molecular formula is C19H23N3O3S2. The van der Waals surface area contributed by atoms with Crippen molar-refractivity contribution in [3.63, 3.8) is 0 Å². The number of thiocarbonyl (C=S) groups is 1. The van der Waals surface area contributed by atoms with Crippen molar-refractivity contribution in [2.24, 2.45) is 0 Å². The minimum Gasteiger partial charge on any atom is -0.497 e. The average molecular weight is 406 g/mol.